The van der Waals surface area contributed by atoms with Crippen molar-refractivity contribution in [2.45, 2.75) is 50.8 Å². The topological polar surface area (TPSA) is 64.2 Å². The fourth-order valence-corrected chi connectivity index (χ4v) is 6.62. The van der Waals surface area contributed by atoms with Gasteiger partial charge in [-0.25, -0.2) is 0 Å². The number of rotatable bonds is 8. The normalized spacial score (nSPS) is 16.9. The number of likely N-dealkylation sites (tertiary alicyclic amines) is 1. The van der Waals surface area contributed by atoms with Gasteiger partial charge in [-0.3, -0.25) is 9.48 Å². The van der Waals surface area contributed by atoms with Gasteiger partial charge in [-0.15, -0.1) is 23.5 Å². The van der Waals surface area contributed by atoms with Gasteiger partial charge < -0.3 is 10.6 Å². The predicted molar refractivity (Wildman–Crippen MR) is 121 cm³/mol. The van der Waals surface area contributed by atoms with E-state index in [1.165, 1.54) is 0 Å². The Hall–Kier alpha value is -1.60. The highest BCUT2D eigenvalue weighted by atomic mass is 32.2. The molecule has 0 unspecified atom stereocenters. The van der Waals surface area contributed by atoms with Crippen LogP contribution in [0.4, 0.5) is 5.69 Å². The van der Waals surface area contributed by atoms with Gasteiger partial charge in [0.15, 0.2) is 0 Å². The minimum Gasteiger partial charge on any atom is -0.395 e. The van der Waals surface area contributed by atoms with Crippen molar-refractivity contribution in [2.24, 2.45) is 0 Å². The first-order chi connectivity index (χ1) is 13.6. The number of hydrogen-bond acceptors (Lipinski definition) is 5. The Morgan fingerprint density at radius 2 is 1.93 bits per heavy atom. The molecule has 7 heteroatoms. The summed E-state index contributed by atoms with van der Waals surface area (Å²) in [5, 5.41) is 4.57. The quantitative estimate of drug-likeness (QED) is 0.649. The van der Waals surface area contributed by atoms with Gasteiger partial charge in [0.1, 0.15) is 5.69 Å². The van der Waals surface area contributed by atoms with Crippen LogP contribution in [0.1, 0.15) is 48.4 Å². The summed E-state index contributed by atoms with van der Waals surface area (Å²) in [4.78, 5) is 15.6. The Morgan fingerprint density at radius 1 is 1.25 bits per heavy atom. The Kier molecular flexibility index (Phi) is 7.35. The summed E-state index contributed by atoms with van der Waals surface area (Å²) in [6.07, 6.45) is 2.11. The smallest absolute Gasteiger partial charge is 0.274 e. The molecule has 1 aliphatic heterocycles. The summed E-state index contributed by atoms with van der Waals surface area (Å²) >= 11 is 3.89. The van der Waals surface area contributed by atoms with Crippen molar-refractivity contribution in [3.63, 3.8) is 0 Å². The molecule has 1 aromatic heterocycles. The van der Waals surface area contributed by atoms with Crippen molar-refractivity contribution in [3.8, 4) is 0 Å². The van der Waals surface area contributed by atoms with E-state index in [4.69, 9.17) is 5.73 Å². The SMILES string of the molecule is CCSC(SCC)[C@@H]1CCCN1C(=O)c1c(N)c(C)nn1Cc1ccccc1. The zero-order chi connectivity index (χ0) is 20.1. The number of aromatic nitrogens is 2. The fourth-order valence-electron chi connectivity index (χ4n) is 3.75. The number of nitrogen functional groups attached to an aromatic ring is 1. The Morgan fingerprint density at radius 3 is 2.57 bits per heavy atom. The van der Waals surface area contributed by atoms with Crippen molar-refractivity contribution in [1.82, 2.24) is 14.7 Å². The van der Waals surface area contributed by atoms with E-state index in [1.54, 1.807) is 4.68 Å². The van der Waals surface area contributed by atoms with E-state index in [-0.39, 0.29) is 11.9 Å². The van der Waals surface area contributed by atoms with Gasteiger partial charge in [0.05, 0.1) is 28.5 Å². The zero-order valence-electron chi connectivity index (χ0n) is 16.9. The van der Waals surface area contributed by atoms with Crippen LogP contribution in [0.5, 0.6) is 0 Å². The van der Waals surface area contributed by atoms with Crippen molar-refractivity contribution in [1.29, 1.82) is 0 Å². The molecule has 1 atom stereocenters. The number of nitrogens with two attached hydrogens (primary N) is 1. The molecule has 1 fully saturated rings. The molecule has 2 heterocycles. The van der Waals surface area contributed by atoms with E-state index in [0.717, 1.165) is 42.1 Å². The molecule has 0 radical (unpaired) electrons. The van der Waals surface area contributed by atoms with Crippen LogP contribution in [-0.4, -0.2) is 49.3 Å². The lowest BCUT2D eigenvalue weighted by atomic mass is 10.2. The third-order valence-electron chi connectivity index (χ3n) is 5.09. The zero-order valence-corrected chi connectivity index (χ0v) is 18.6. The fraction of sp³-hybridized carbons (Fsp3) is 0.524. The Bertz CT molecular complexity index is 787. The third kappa shape index (κ3) is 4.51. The van der Waals surface area contributed by atoms with Crippen LogP contribution < -0.4 is 5.73 Å². The van der Waals surface area contributed by atoms with Gasteiger partial charge in [0, 0.05) is 6.54 Å². The van der Waals surface area contributed by atoms with E-state index >= 15 is 0 Å². The van der Waals surface area contributed by atoms with E-state index in [1.807, 2.05) is 65.7 Å². The lowest BCUT2D eigenvalue weighted by Crippen LogP contribution is -2.41. The van der Waals surface area contributed by atoms with Crippen molar-refractivity contribution in [3.05, 3.63) is 47.3 Å². The number of aryl methyl sites for hydroxylation is 1. The Labute approximate surface area is 176 Å². The van der Waals surface area contributed by atoms with Gasteiger partial charge in [-0.1, -0.05) is 44.2 Å². The van der Waals surface area contributed by atoms with Crippen LogP contribution in [0.25, 0.3) is 0 Å². The molecule has 1 amide bonds. The number of benzene rings is 1. The average Bonchev–Trinajstić information content (AvgIpc) is 3.27. The standard InChI is InChI=1S/C21H30N4OS2/c1-4-27-21(28-5-2)17-12-9-13-24(17)20(26)19-18(22)15(3)23-25(19)14-16-10-7-6-8-11-16/h6-8,10-11,17,21H,4-5,9,12-14,22H2,1-3H3/t17-/m0/s1. The summed E-state index contributed by atoms with van der Waals surface area (Å²) < 4.78 is 2.20. The molecule has 5 nitrogen and oxygen atoms in total. The highest BCUT2D eigenvalue weighted by Gasteiger charge is 2.37. The van der Waals surface area contributed by atoms with E-state index in [2.05, 4.69) is 18.9 Å². The van der Waals surface area contributed by atoms with Crippen LogP contribution in [-0.2, 0) is 6.54 Å². The number of amides is 1. The van der Waals surface area contributed by atoms with Crippen LogP contribution in [0.3, 0.4) is 0 Å². The lowest BCUT2D eigenvalue weighted by Gasteiger charge is -2.31. The molecule has 0 aliphatic carbocycles. The van der Waals surface area contributed by atoms with E-state index in [0.29, 0.717) is 22.5 Å². The largest absolute Gasteiger partial charge is 0.395 e. The molecular formula is C21H30N4OS2. The van der Waals surface area contributed by atoms with Gasteiger partial charge in [0.2, 0.25) is 0 Å². The van der Waals surface area contributed by atoms with Crippen molar-refractivity contribution in [2.75, 3.05) is 23.8 Å². The number of hydrogen-bond donors (Lipinski definition) is 1. The lowest BCUT2D eigenvalue weighted by molar-refractivity contribution is 0.0735. The van der Waals surface area contributed by atoms with Crippen LogP contribution in [0, 0.1) is 6.92 Å². The summed E-state index contributed by atoms with van der Waals surface area (Å²) in [6, 6.07) is 10.3. The number of thioether (sulfide) groups is 2. The first kappa shape index (κ1) is 21.1. The maximum Gasteiger partial charge on any atom is 0.274 e. The number of nitrogens with zero attached hydrogens (tertiary/aromatic N) is 3. The monoisotopic (exact) mass is 418 g/mol. The molecular weight excluding hydrogens is 388 g/mol. The first-order valence-corrected chi connectivity index (χ1v) is 12.1. The van der Waals surface area contributed by atoms with Gasteiger partial charge >= 0.3 is 0 Å². The summed E-state index contributed by atoms with van der Waals surface area (Å²) in [7, 11) is 0. The molecule has 152 valence electrons. The molecule has 0 bridgehead atoms. The molecule has 1 aromatic carbocycles. The number of anilines is 1. The molecule has 2 aromatic rings. The summed E-state index contributed by atoms with van der Waals surface area (Å²) in [6.45, 7) is 7.59. The van der Waals surface area contributed by atoms with Crippen LogP contribution in [0.2, 0.25) is 0 Å². The van der Waals surface area contributed by atoms with Crippen molar-refractivity contribution < 1.29 is 4.79 Å². The summed E-state index contributed by atoms with van der Waals surface area (Å²) in [5.74, 6) is 2.14. The average molecular weight is 419 g/mol. The molecule has 28 heavy (non-hydrogen) atoms. The molecule has 2 N–H and O–H groups in total. The molecule has 3 rings (SSSR count). The molecule has 1 aliphatic rings. The number of carbonyl (C=O) groups excluding carboxylic acids is 1. The first-order valence-electron chi connectivity index (χ1n) is 9.97. The summed E-state index contributed by atoms with van der Waals surface area (Å²) in [5.41, 5.74) is 9.20. The van der Waals surface area contributed by atoms with Gasteiger partial charge in [-0.05, 0) is 36.8 Å². The molecule has 1 saturated heterocycles. The second-order valence-corrected chi connectivity index (χ2v) is 10.1. The minimum absolute atomic E-state index is 0.0231. The van der Waals surface area contributed by atoms with Crippen molar-refractivity contribution >= 4 is 35.1 Å². The van der Waals surface area contributed by atoms with E-state index in [9.17, 15) is 4.79 Å². The molecule has 0 saturated carbocycles. The predicted octanol–water partition coefficient (Wildman–Crippen LogP) is 4.26. The maximum absolute atomic E-state index is 13.6. The minimum atomic E-state index is 0.0231. The highest BCUT2D eigenvalue weighted by Crippen LogP contribution is 2.36. The van der Waals surface area contributed by atoms with Crippen LogP contribution >= 0.6 is 23.5 Å². The van der Waals surface area contributed by atoms with Crippen LogP contribution in [0.15, 0.2) is 30.3 Å². The second-order valence-electron chi connectivity index (χ2n) is 6.98. The second kappa shape index (κ2) is 9.74. The number of carbonyl (C=O) groups is 1. The molecule has 0 spiro atoms. The van der Waals surface area contributed by atoms with Gasteiger partial charge in [0.25, 0.3) is 5.91 Å². The van der Waals surface area contributed by atoms with E-state index < -0.39 is 0 Å². The third-order valence-corrected chi connectivity index (χ3v) is 7.86. The van der Waals surface area contributed by atoms with Gasteiger partial charge in [-0.2, -0.15) is 5.10 Å². The maximum atomic E-state index is 13.6. The highest BCUT2D eigenvalue weighted by molar-refractivity contribution is 8.17. The Balaban J connectivity index is 1.88.